The van der Waals surface area contributed by atoms with E-state index in [-0.39, 0.29) is 11.9 Å². The van der Waals surface area contributed by atoms with Crippen LogP contribution in [0.15, 0.2) is 0 Å². The molecular formula is C22H40O2. The van der Waals surface area contributed by atoms with Gasteiger partial charge in [-0.05, 0) is 62.7 Å². The molecule has 0 spiro atoms. The second-order valence-corrected chi connectivity index (χ2v) is 8.41. The Kier molecular flexibility index (Phi) is 9.20. The summed E-state index contributed by atoms with van der Waals surface area (Å²) < 4.78 is 5.51. The maximum Gasteiger partial charge on any atom is 0.308 e. The van der Waals surface area contributed by atoms with E-state index in [0.29, 0.717) is 6.61 Å². The van der Waals surface area contributed by atoms with E-state index in [4.69, 9.17) is 4.74 Å². The van der Waals surface area contributed by atoms with Crippen molar-refractivity contribution in [1.82, 2.24) is 0 Å². The number of rotatable bonds is 9. The fourth-order valence-electron chi connectivity index (χ4n) is 5.00. The van der Waals surface area contributed by atoms with Crippen molar-refractivity contribution >= 4 is 5.97 Å². The van der Waals surface area contributed by atoms with E-state index in [2.05, 4.69) is 13.8 Å². The smallest absolute Gasteiger partial charge is 0.308 e. The lowest BCUT2D eigenvalue weighted by atomic mass is 9.69. The predicted molar refractivity (Wildman–Crippen MR) is 101 cm³/mol. The van der Waals surface area contributed by atoms with Gasteiger partial charge in [-0.15, -0.1) is 0 Å². The average molecular weight is 337 g/mol. The first-order chi connectivity index (χ1) is 11.7. The molecule has 0 radical (unpaired) electrons. The molecule has 2 saturated carbocycles. The number of ether oxygens (including phenoxy) is 1. The van der Waals surface area contributed by atoms with E-state index in [1.165, 1.54) is 70.6 Å². The lowest BCUT2D eigenvalue weighted by Gasteiger charge is -2.37. The summed E-state index contributed by atoms with van der Waals surface area (Å²) in [5.41, 5.74) is 0. The Morgan fingerprint density at radius 2 is 1.42 bits per heavy atom. The second kappa shape index (κ2) is 11.2. The summed E-state index contributed by atoms with van der Waals surface area (Å²) >= 11 is 0. The van der Waals surface area contributed by atoms with Crippen molar-refractivity contribution in [3.05, 3.63) is 0 Å². The van der Waals surface area contributed by atoms with Gasteiger partial charge in [0.25, 0.3) is 0 Å². The Morgan fingerprint density at radius 1 is 0.792 bits per heavy atom. The Morgan fingerprint density at radius 3 is 2.00 bits per heavy atom. The molecule has 0 aromatic rings. The van der Waals surface area contributed by atoms with Crippen LogP contribution >= 0.6 is 0 Å². The third-order valence-corrected chi connectivity index (χ3v) is 6.60. The quantitative estimate of drug-likeness (QED) is 0.354. The molecule has 2 rings (SSSR count). The Hall–Kier alpha value is -0.530. The van der Waals surface area contributed by atoms with Crippen LogP contribution in [0.5, 0.6) is 0 Å². The number of esters is 1. The van der Waals surface area contributed by atoms with E-state index in [1.807, 2.05) is 0 Å². The molecule has 0 aromatic carbocycles. The standard InChI is InChI=1S/C22H40O2/c1-3-5-6-7-17-24-22(23)21-15-13-20(14-16-21)19-11-9-18(8-4-2)10-12-19/h18-21H,3-17H2,1-2H3. The third-order valence-electron chi connectivity index (χ3n) is 6.60. The van der Waals surface area contributed by atoms with Gasteiger partial charge in [0.05, 0.1) is 12.5 Å². The second-order valence-electron chi connectivity index (χ2n) is 8.41. The molecule has 0 aromatic heterocycles. The van der Waals surface area contributed by atoms with Gasteiger partial charge in [-0.3, -0.25) is 4.79 Å². The zero-order chi connectivity index (χ0) is 17.2. The molecule has 0 saturated heterocycles. The lowest BCUT2D eigenvalue weighted by Crippen LogP contribution is -2.29. The van der Waals surface area contributed by atoms with Crippen LogP contribution in [0.2, 0.25) is 0 Å². The summed E-state index contributed by atoms with van der Waals surface area (Å²) in [5, 5.41) is 0. The highest BCUT2D eigenvalue weighted by Crippen LogP contribution is 2.42. The molecular weight excluding hydrogens is 296 g/mol. The maximum atomic E-state index is 12.2. The molecule has 2 heteroatoms. The number of hydrogen-bond donors (Lipinski definition) is 0. The van der Waals surface area contributed by atoms with Gasteiger partial charge < -0.3 is 4.74 Å². The highest BCUT2D eigenvalue weighted by molar-refractivity contribution is 5.72. The topological polar surface area (TPSA) is 26.3 Å². The normalized spacial score (nSPS) is 30.9. The van der Waals surface area contributed by atoms with Gasteiger partial charge in [-0.1, -0.05) is 58.8 Å². The predicted octanol–water partition coefficient (Wildman–Crippen LogP) is 6.52. The van der Waals surface area contributed by atoms with Crippen molar-refractivity contribution in [1.29, 1.82) is 0 Å². The molecule has 2 aliphatic rings. The van der Waals surface area contributed by atoms with Crippen molar-refractivity contribution < 1.29 is 9.53 Å². The van der Waals surface area contributed by atoms with Gasteiger partial charge in [-0.25, -0.2) is 0 Å². The van der Waals surface area contributed by atoms with E-state index in [1.54, 1.807) is 0 Å². The molecule has 140 valence electrons. The fourth-order valence-corrected chi connectivity index (χ4v) is 5.00. The van der Waals surface area contributed by atoms with Crippen LogP contribution in [0.4, 0.5) is 0 Å². The van der Waals surface area contributed by atoms with Crippen LogP contribution in [0.3, 0.4) is 0 Å². The lowest BCUT2D eigenvalue weighted by molar-refractivity contribution is -0.150. The molecule has 2 fully saturated rings. The summed E-state index contributed by atoms with van der Waals surface area (Å²) in [7, 11) is 0. The van der Waals surface area contributed by atoms with Crippen LogP contribution in [-0.4, -0.2) is 12.6 Å². The van der Waals surface area contributed by atoms with Gasteiger partial charge in [0.1, 0.15) is 0 Å². The van der Waals surface area contributed by atoms with E-state index in [0.717, 1.165) is 37.0 Å². The van der Waals surface area contributed by atoms with Gasteiger partial charge >= 0.3 is 5.97 Å². The first-order valence-electron chi connectivity index (χ1n) is 10.9. The van der Waals surface area contributed by atoms with Crippen molar-refractivity contribution in [3.8, 4) is 0 Å². The third kappa shape index (κ3) is 6.41. The average Bonchev–Trinajstić information content (AvgIpc) is 2.62. The van der Waals surface area contributed by atoms with Gasteiger partial charge in [0, 0.05) is 0 Å². The molecule has 2 aliphatic carbocycles. The van der Waals surface area contributed by atoms with Crippen LogP contribution in [0.25, 0.3) is 0 Å². The first kappa shape index (κ1) is 19.8. The minimum atomic E-state index is 0.0941. The van der Waals surface area contributed by atoms with Gasteiger partial charge in [0.15, 0.2) is 0 Å². The van der Waals surface area contributed by atoms with Crippen molar-refractivity contribution in [2.24, 2.45) is 23.7 Å². The monoisotopic (exact) mass is 336 g/mol. The van der Waals surface area contributed by atoms with Crippen LogP contribution in [0, 0.1) is 23.7 Å². The van der Waals surface area contributed by atoms with Gasteiger partial charge in [-0.2, -0.15) is 0 Å². The summed E-state index contributed by atoms with van der Waals surface area (Å²) in [6.45, 7) is 5.16. The van der Waals surface area contributed by atoms with E-state index < -0.39 is 0 Å². The fraction of sp³-hybridized carbons (Fsp3) is 0.955. The highest BCUT2D eigenvalue weighted by atomic mass is 16.5. The SMILES string of the molecule is CCCCCCOC(=O)C1CCC(C2CCC(CCC)CC2)CC1. The number of carbonyl (C=O) groups excluding carboxylic acids is 1. The minimum Gasteiger partial charge on any atom is -0.465 e. The molecule has 0 heterocycles. The van der Waals surface area contributed by atoms with Crippen LogP contribution < -0.4 is 0 Å². The summed E-state index contributed by atoms with van der Waals surface area (Å²) in [5.74, 6) is 3.14. The zero-order valence-electron chi connectivity index (χ0n) is 16.2. The molecule has 0 unspecified atom stereocenters. The molecule has 0 N–H and O–H groups in total. The number of unbranched alkanes of at least 4 members (excludes halogenated alkanes) is 3. The van der Waals surface area contributed by atoms with Crippen molar-refractivity contribution in [2.45, 2.75) is 104 Å². The summed E-state index contributed by atoms with van der Waals surface area (Å²) in [6.07, 6.45) is 18.0. The molecule has 0 aliphatic heterocycles. The van der Waals surface area contributed by atoms with Crippen molar-refractivity contribution in [2.75, 3.05) is 6.61 Å². The summed E-state index contributed by atoms with van der Waals surface area (Å²) in [6, 6.07) is 0. The summed E-state index contributed by atoms with van der Waals surface area (Å²) in [4.78, 5) is 12.2. The van der Waals surface area contributed by atoms with Crippen LogP contribution in [-0.2, 0) is 9.53 Å². The van der Waals surface area contributed by atoms with E-state index in [9.17, 15) is 4.79 Å². The van der Waals surface area contributed by atoms with E-state index >= 15 is 0 Å². The molecule has 0 amide bonds. The van der Waals surface area contributed by atoms with Crippen LogP contribution in [0.1, 0.15) is 104 Å². The molecule has 0 bridgehead atoms. The molecule has 2 nitrogen and oxygen atoms in total. The maximum absolute atomic E-state index is 12.2. The largest absolute Gasteiger partial charge is 0.465 e. The van der Waals surface area contributed by atoms with Gasteiger partial charge in [0.2, 0.25) is 0 Å². The Balaban J connectivity index is 1.60. The minimum absolute atomic E-state index is 0.0941. The number of carbonyl (C=O) groups is 1. The Bertz CT molecular complexity index is 336. The van der Waals surface area contributed by atoms with Crippen molar-refractivity contribution in [3.63, 3.8) is 0 Å². The highest BCUT2D eigenvalue weighted by Gasteiger charge is 2.33. The Labute approximate surface area is 150 Å². The first-order valence-corrected chi connectivity index (χ1v) is 10.9. The molecule has 0 atom stereocenters. The zero-order valence-corrected chi connectivity index (χ0v) is 16.2. The molecule has 24 heavy (non-hydrogen) atoms. The number of hydrogen-bond acceptors (Lipinski definition) is 2.